The van der Waals surface area contributed by atoms with Crippen LogP contribution in [-0.4, -0.2) is 20.8 Å². The van der Waals surface area contributed by atoms with Gasteiger partial charge in [0.15, 0.2) is 5.82 Å². The van der Waals surface area contributed by atoms with E-state index in [1.54, 1.807) is 4.68 Å². The Balaban J connectivity index is 0.00000100. The van der Waals surface area contributed by atoms with Crippen molar-refractivity contribution >= 4 is 34.2 Å². The summed E-state index contributed by atoms with van der Waals surface area (Å²) >= 11 is 6.32. The lowest BCUT2D eigenvalue weighted by Gasteiger charge is -2.09. The number of rotatable bonds is 3. The number of hydrogen-bond donors (Lipinski definition) is 1. The van der Waals surface area contributed by atoms with Gasteiger partial charge in [0.05, 0.1) is 22.1 Å². The summed E-state index contributed by atoms with van der Waals surface area (Å²) in [6, 6.07) is 5.30. The van der Waals surface area contributed by atoms with Crippen molar-refractivity contribution in [2.24, 2.45) is 7.05 Å². The van der Waals surface area contributed by atoms with Gasteiger partial charge in [-0.15, -0.1) is 0 Å². The third kappa shape index (κ3) is 3.28. The Hall–Kier alpha value is -2.34. The van der Waals surface area contributed by atoms with Gasteiger partial charge in [-0.2, -0.15) is 5.10 Å². The van der Waals surface area contributed by atoms with Gasteiger partial charge < -0.3 is 9.84 Å². The van der Waals surface area contributed by atoms with E-state index in [-0.39, 0.29) is 5.76 Å². The van der Waals surface area contributed by atoms with Gasteiger partial charge in [-0.25, -0.2) is 0 Å². The maximum absolute atomic E-state index is 12.1. The van der Waals surface area contributed by atoms with Crippen LogP contribution < -0.4 is 5.32 Å². The minimum Gasteiger partial charge on any atom is -0.351 e. The van der Waals surface area contributed by atoms with Crippen LogP contribution in [0.4, 0.5) is 5.82 Å². The number of nitrogens with zero attached hydrogens (tertiary/aromatic N) is 3. The first-order valence-electron chi connectivity index (χ1n) is 7.86. The molecule has 6 nitrogen and oxygen atoms in total. The van der Waals surface area contributed by atoms with Crippen molar-refractivity contribution in [3.63, 3.8) is 0 Å². The highest BCUT2D eigenvalue weighted by atomic mass is 35.5. The Morgan fingerprint density at radius 3 is 2.58 bits per heavy atom. The Bertz CT molecular complexity index is 838. The summed E-state index contributed by atoms with van der Waals surface area (Å²) in [5.41, 5.74) is 2.03. The molecule has 0 unspecified atom stereocenters. The first kappa shape index (κ1) is 18.0. The largest absolute Gasteiger partial charge is 0.351 e. The quantitative estimate of drug-likeness (QED) is 0.749. The highest BCUT2D eigenvalue weighted by Crippen LogP contribution is 2.35. The molecular weight excluding hydrogens is 328 g/mol. The fourth-order valence-electron chi connectivity index (χ4n) is 2.46. The number of amides is 1. The summed E-state index contributed by atoms with van der Waals surface area (Å²) in [6.45, 7) is 8.20. The number of nitrogens with one attached hydrogen (secondary N) is 1. The number of aryl methyl sites for hydroxylation is 1. The zero-order chi connectivity index (χ0) is 17.9. The summed E-state index contributed by atoms with van der Waals surface area (Å²) in [4.78, 5) is 12.1. The second-order valence-corrected chi connectivity index (χ2v) is 5.73. The normalized spacial score (nSPS) is 10.6. The monoisotopic (exact) mass is 348 g/mol. The van der Waals surface area contributed by atoms with Gasteiger partial charge in [0.1, 0.15) is 0 Å². The van der Waals surface area contributed by atoms with Crippen LogP contribution in [0.2, 0.25) is 5.02 Å². The third-order valence-corrected chi connectivity index (χ3v) is 3.80. The molecule has 2 aromatic heterocycles. The lowest BCUT2D eigenvalue weighted by atomic mass is 10.0. The first-order valence-corrected chi connectivity index (χ1v) is 8.24. The molecule has 128 valence electrons. The van der Waals surface area contributed by atoms with Crippen molar-refractivity contribution in [2.45, 2.75) is 33.6 Å². The molecule has 3 aromatic rings. The second kappa shape index (κ2) is 7.49. The fourth-order valence-corrected chi connectivity index (χ4v) is 2.70. The topological polar surface area (TPSA) is 73.0 Å². The average Bonchev–Trinajstić information content (AvgIpc) is 3.19. The Morgan fingerprint density at radius 1 is 1.29 bits per heavy atom. The van der Waals surface area contributed by atoms with Gasteiger partial charge in [-0.1, -0.05) is 50.5 Å². The average molecular weight is 349 g/mol. The SMILES string of the molecule is CC.CC(C)c1ccc(Cl)c2c(NC(=O)c3ccno3)nn(C)c12. The Morgan fingerprint density at radius 2 is 2.00 bits per heavy atom. The molecule has 0 atom stereocenters. The maximum Gasteiger partial charge on any atom is 0.295 e. The van der Waals surface area contributed by atoms with Gasteiger partial charge in [0.2, 0.25) is 5.76 Å². The van der Waals surface area contributed by atoms with Crippen LogP contribution >= 0.6 is 11.6 Å². The summed E-state index contributed by atoms with van der Waals surface area (Å²) in [5, 5.41) is 11.9. The maximum atomic E-state index is 12.1. The van der Waals surface area contributed by atoms with Crippen LogP contribution in [0.1, 0.15) is 49.7 Å². The molecule has 7 heteroatoms. The lowest BCUT2D eigenvalue weighted by Crippen LogP contribution is -2.11. The Kier molecular flexibility index (Phi) is 5.62. The molecule has 0 saturated heterocycles. The van der Waals surface area contributed by atoms with Gasteiger partial charge in [0, 0.05) is 13.1 Å². The van der Waals surface area contributed by atoms with Crippen LogP contribution in [0, 0.1) is 0 Å². The number of benzene rings is 1. The molecule has 3 rings (SSSR count). The fraction of sp³-hybridized carbons (Fsp3) is 0.353. The molecule has 1 N–H and O–H groups in total. The minimum absolute atomic E-state index is 0.120. The molecule has 2 heterocycles. The van der Waals surface area contributed by atoms with Crippen molar-refractivity contribution < 1.29 is 9.32 Å². The van der Waals surface area contributed by atoms with Crippen molar-refractivity contribution in [1.82, 2.24) is 14.9 Å². The molecule has 0 aliphatic heterocycles. The minimum atomic E-state index is -0.413. The number of aromatic nitrogens is 3. The molecule has 0 radical (unpaired) electrons. The van der Waals surface area contributed by atoms with Gasteiger partial charge in [-0.05, 0) is 17.5 Å². The predicted octanol–water partition coefficient (Wildman–Crippen LogP) is 4.62. The van der Waals surface area contributed by atoms with Crippen LogP contribution in [0.25, 0.3) is 10.9 Å². The first-order chi connectivity index (χ1) is 11.5. The highest BCUT2D eigenvalue weighted by molar-refractivity contribution is 6.36. The van der Waals surface area contributed by atoms with Crippen LogP contribution in [-0.2, 0) is 7.05 Å². The van der Waals surface area contributed by atoms with E-state index in [1.807, 2.05) is 33.0 Å². The standard InChI is InChI=1S/C15H15ClN4O2.C2H6/c1-8(2)9-4-5-10(16)12-13(9)20(3)19-14(12)18-15(21)11-6-7-17-22-11;1-2/h4-8H,1-3H3,(H,18,19,21);1-2H3. The number of anilines is 1. The molecule has 0 aliphatic rings. The van der Waals surface area contributed by atoms with Crippen LogP contribution in [0.15, 0.2) is 28.9 Å². The van der Waals surface area contributed by atoms with Gasteiger partial charge in [-0.3, -0.25) is 9.48 Å². The number of carbonyl (C=O) groups excluding carboxylic acids is 1. The van der Waals surface area contributed by atoms with E-state index in [0.717, 1.165) is 16.5 Å². The highest BCUT2D eigenvalue weighted by Gasteiger charge is 2.20. The van der Waals surface area contributed by atoms with E-state index in [9.17, 15) is 4.79 Å². The van der Waals surface area contributed by atoms with E-state index < -0.39 is 5.91 Å². The van der Waals surface area contributed by atoms with Crippen molar-refractivity contribution in [2.75, 3.05) is 5.32 Å². The zero-order valence-corrected chi connectivity index (χ0v) is 15.2. The number of hydrogen-bond acceptors (Lipinski definition) is 4. The lowest BCUT2D eigenvalue weighted by molar-refractivity contribution is 0.0987. The summed E-state index contributed by atoms with van der Waals surface area (Å²) in [7, 11) is 1.83. The molecule has 1 amide bonds. The van der Waals surface area contributed by atoms with E-state index >= 15 is 0 Å². The summed E-state index contributed by atoms with van der Waals surface area (Å²) in [5.74, 6) is 0.429. The molecule has 1 aromatic carbocycles. The number of halogens is 1. The van der Waals surface area contributed by atoms with Gasteiger partial charge >= 0.3 is 0 Å². The molecule has 0 spiro atoms. The van der Waals surface area contributed by atoms with Crippen LogP contribution in [0.5, 0.6) is 0 Å². The number of carbonyl (C=O) groups is 1. The number of fused-ring (bicyclic) bond motifs is 1. The molecule has 24 heavy (non-hydrogen) atoms. The molecule has 0 fully saturated rings. The van der Waals surface area contributed by atoms with Crippen LogP contribution in [0.3, 0.4) is 0 Å². The predicted molar refractivity (Wildman–Crippen MR) is 95.6 cm³/mol. The van der Waals surface area contributed by atoms with E-state index in [2.05, 4.69) is 29.4 Å². The third-order valence-electron chi connectivity index (χ3n) is 3.48. The molecule has 0 aliphatic carbocycles. The molecule has 0 bridgehead atoms. The molecule has 0 saturated carbocycles. The zero-order valence-electron chi connectivity index (χ0n) is 14.4. The smallest absolute Gasteiger partial charge is 0.295 e. The Labute approximate surface area is 145 Å². The van der Waals surface area contributed by atoms with Gasteiger partial charge in [0.25, 0.3) is 5.91 Å². The van der Waals surface area contributed by atoms with E-state index in [0.29, 0.717) is 16.8 Å². The second-order valence-electron chi connectivity index (χ2n) is 5.32. The molecular formula is C17H21ClN4O2. The van der Waals surface area contributed by atoms with E-state index in [1.165, 1.54) is 12.3 Å². The van der Waals surface area contributed by atoms with Crippen molar-refractivity contribution in [3.8, 4) is 0 Å². The summed E-state index contributed by atoms with van der Waals surface area (Å²) in [6.07, 6.45) is 1.41. The van der Waals surface area contributed by atoms with Crippen molar-refractivity contribution in [3.05, 3.63) is 40.7 Å². The van der Waals surface area contributed by atoms with Crippen molar-refractivity contribution in [1.29, 1.82) is 0 Å². The van der Waals surface area contributed by atoms with E-state index in [4.69, 9.17) is 16.1 Å². The summed E-state index contributed by atoms with van der Waals surface area (Å²) < 4.78 is 6.58.